The first-order valence-corrected chi connectivity index (χ1v) is 10.8. The molecule has 30 heavy (non-hydrogen) atoms. The first-order valence-electron chi connectivity index (χ1n) is 10.8. The smallest absolute Gasteiger partial charge is 0.338 e. The molecule has 4 nitrogen and oxygen atoms in total. The van der Waals surface area contributed by atoms with Crippen LogP contribution in [-0.4, -0.2) is 24.1 Å². The van der Waals surface area contributed by atoms with Gasteiger partial charge in [-0.05, 0) is 43.2 Å². The molecule has 0 saturated heterocycles. The molecule has 2 aromatic rings. The van der Waals surface area contributed by atoms with Crippen LogP contribution in [0.3, 0.4) is 0 Å². The highest BCUT2D eigenvalue weighted by Gasteiger charge is 2.27. The van der Waals surface area contributed by atoms with Crippen molar-refractivity contribution in [1.29, 1.82) is 0 Å². The number of carbonyl (C=O) groups excluding carboxylic acids is 2. The van der Waals surface area contributed by atoms with Gasteiger partial charge in [0.15, 0.2) is 6.10 Å². The minimum atomic E-state index is -0.707. The summed E-state index contributed by atoms with van der Waals surface area (Å²) in [4.78, 5) is 25.1. The van der Waals surface area contributed by atoms with Gasteiger partial charge in [0.2, 0.25) is 0 Å². The first kappa shape index (κ1) is 23.4. The fourth-order valence-electron chi connectivity index (χ4n) is 3.24. The standard InChI is InChI=1S/C26H32O4/c1-3-5-6-7-8-15-20-24(30-26(28)22-18-13-10-14-19-22)23(4-2)29-25(27)21-16-11-9-12-17-21/h4,9-14,16-19,23-24H,2-3,5-8,15,20H2,1H3/t23-,24+/m1/s1. The summed E-state index contributed by atoms with van der Waals surface area (Å²) in [6.45, 7) is 6.00. The summed E-state index contributed by atoms with van der Waals surface area (Å²) in [5, 5.41) is 0. The van der Waals surface area contributed by atoms with Crippen LogP contribution in [0.2, 0.25) is 0 Å². The van der Waals surface area contributed by atoms with Crippen molar-refractivity contribution in [3.63, 3.8) is 0 Å². The number of esters is 2. The van der Waals surface area contributed by atoms with E-state index in [9.17, 15) is 9.59 Å². The molecule has 0 spiro atoms. The van der Waals surface area contributed by atoms with Crippen LogP contribution < -0.4 is 0 Å². The average molecular weight is 409 g/mol. The van der Waals surface area contributed by atoms with Crippen molar-refractivity contribution in [2.75, 3.05) is 0 Å². The van der Waals surface area contributed by atoms with Gasteiger partial charge in [0.05, 0.1) is 11.1 Å². The van der Waals surface area contributed by atoms with E-state index in [2.05, 4.69) is 13.5 Å². The molecule has 0 heterocycles. The summed E-state index contributed by atoms with van der Waals surface area (Å²) >= 11 is 0. The fourth-order valence-corrected chi connectivity index (χ4v) is 3.24. The van der Waals surface area contributed by atoms with Crippen LogP contribution in [0.1, 0.15) is 72.6 Å². The predicted molar refractivity (Wildman–Crippen MR) is 119 cm³/mol. The topological polar surface area (TPSA) is 52.6 Å². The van der Waals surface area contributed by atoms with Crippen LogP contribution in [0.5, 0.6) is 0 Å². The maximum absolute atomic E-state index is 12.6. The van der Waals surface area contributed by atoms with Gasteiger partial charge in [0.25, 0.3) is 0 Å². The molecule has 0 aliphatic rings. The Labute approximate surface area is 179 Å². The molecule has 0 unspecified atom stereocenters. The first-order chi connectivity index (χ1) is 14.7. The molecule has 0 saturated carbocycles. The molecule has 0 amide bonds. The Morgan fingerprint density at radius 3 is 1.83 bits per heavy atom. The number of hydrogen-bond acceptors (Lipinski definition) is 4. The highest BCUT2D eigenvalue weighted by atomic mass is 16.6. The molecule has 0 aliphatic heterocycles. The highest BCUT2D eigenvalue weighted by Crippen LogP contribution is 2.19. The molecule has 0 aliphatic carbocycles. The van der Waals surface area contributed by atoms with Gasteiger partial charge in [-0.2, -0.15) is 0 Å². The second kappa shape index (κ2) is 13.4. The maximum atomic E-state index is 12.6. The monoisotopic (exact) mass is 408 g/mol. The Morgan fingerprint density at radius 2 is 1.30 bits per heavy atom. The van der Waals surface area contributed by atoms with Gasteiger partial charge < -0.3 is 9.47 Å². The van der Waals surface area contributed by atoms with Crippen molar-refractivity contribution in [2.45, 2.75) is 64.1 Å². The SMILES string of the molecule is C=C[C@@H](OC(=O)c1ccccc1)[C@H](CCCCCCCC)OC(=O)c1ccccc1. The maximum Gasteiger partial charge on any atom is 0.338 e. The summed E-state index contributed by atoms with van der Waals surface area (Å²) in [6, 6.07) is 17.6. The number of hydrogen-bond donors (Lipinski definition) is 0. The third kappa shape index (κ3) is 7.86. The zero-order valence-corrected chi connectivity index (χ0v) is 17.8. The number of rotatable bonds is 13. The minimum absolute atomic E-state index is 0.422. The number of carbonyl (C=O) groups is 2. The lowest BCUT2D eigenvalue weighted by atomic mass is 10.0. The quantitative estimate of drug-likeness (QED) is 0.219. The highest BCUT2D eigenvalue weighted by molar-refractivity contribution is 5.90. The van der Waals surface area contributed by atoms with Gasteiger partial charge in [-0.1, -0.05) is 82.0 Å². The number of ether oxygens (including phenoxy) is 2. The van der Waals surface area contributed by atoms with Gasteiger partial charge in [-0.25, -0.2) is 9.59 Å². The summed E-state index contributed by atoms with van der Waals surface area (Å²) in [5.74, 6) is -0.876. The Balaban J connectivity index is 2.03. The molecule has 0 aromatic heterocycles. The van der Waals surface area contributed by atoms with Crippen molar-refractivity contribution in [2.24, 2.45) is 0 Å². The normalized spacial score (nSPS) is 12.6. The van der Waals surface area contributed by atoms with Crippen molar-refractivity contribution in [3.8, 4) is 0 Å². The van der Waals surface area contributed by atoms with Crippen LogP contribution in [0.25, 0.3) is 0 Å². The van der Waals surface area contributed by atoms with Gasteiger partial charge in [0, 0.05) is 0 Å². The molecule has 0 bridgehead atoms. The Bertz CT molecular complexity index is 770. The van der Waals surface area contributed by atoms with Gasteiger partial charge in [0.1, 0.15) is 6.10 Å². The van der Waals surface area contributed by atoms with E-state index in [1.165, 1.54) is 19.3 Å². The van der Waals surface area contributed by atoms with E-state index >= 15 is 0 Å². The molecule has 4 heteroatoms. The third-order valence-electron chi connectivity index (χ3n) is 4.96. The van der Waals surface area contributed by atoms with Crippen LogP contribution in [0, 0.1) is 0 Å². The number of benzene rings is 2. The van der Waals surface area contributed by atoms with Crippen LogP contribution in [0.4, 0.5) is 0 Å². The van der Waals surface area contributed by atoms with Crippen LogP contribution in [-0.2, 0) is 9.47 Å². The van der Waals surface area contributed by atoms with E-state index < -0.39 is 24.1 Å². The largest absolute Gasteiger partial charge is 0.454 e. The van der Waals surface area contributed by atoms with Crippen LogP contribution in [0.15, 0.2) is 73.3 Å². The van der Waals surface area contributed by atoms with Crippen LogP contribution >= 0.6 is 0 Å². The van der Waals surface area contributed by atoms with Crippen molar-refractivity contribution in [3.05, 3.63) is 84.4 Å². The van der Waals surface area contributed by atoms with Gasteiger partial charge >= 0.3 is 11.9 Å². The summed E-state index contributed by atoms with van der Waals surface area (Å²) in [6.07, 6.45) is 7.61. The van der Waals surface area contributed by atoms with Crippen molar-refractivity contribution < 1.29 is 19.1 Å². The predicted octanol–water partition coefficient (Wildman–Crippen LogP) is 6.37. The van der Waals surface area contributed by atoms with Crippen molar-refractivity contribution >= 4 is 11.9 Å². The third-order valence-corrected chi connectivity index (χ3v) is 4.96. The lowest BCUT2D eigenvalue weighted by Crippen LogP contribution is -2.34. The molecule has 0 radical (unpaired) electrons. The Morgan fingerprint density at radius 1 is 0.800 bits per heavy atom. The Kier molecular flexibility index (Phi) is 10.4. The molecule has 160 valence electrons. The summed E-state index contributed by atoms with van der Waals surface area (Å²) < 4.78 is 11.4. The Hall–Kier alpha value is -2.88. The second-order valence-corrected chi connectivity index (χ2v) is 7.34. The molecule has 2 rings (SSSR count). The van der Waals surface area contributed by atoms with E-state index in [1.807, 2.05) is 12.1 Å². The fraction of sp³-hybridized carbons (Fsp3) is 0.385. The van der Waals surface area contributed by atoms with E-state index in [1.54, 1.807) is 54.6 Å². The molecular weight excluding hydrogens is 376 g/mol. The van der Waals surface area contributed by atoms with E-state index in [0.29, 0.717) is 17.5 Å². The van der Waals surface area contributed by atoms with Crippen molar-refractivity contribution in [1.82, 2.24) is 0 Å². The molecular formula is C26H32O4. The van der Waals surface area contributed by atoms with Gasteiger partial charge in [-0.3, -0.25) is 0 Å². The lowest BCUT2D eigenvalue weighted by Gasteiger charge is -2.25. The minimum Gasteiger partial charge on any atom is -0.454 e. The van der Waals surface area contributed by atoms with Gasteiger partial charge in [-0.15, -0.1) is 0 Å². The summed E-state index contributed by atoms with van der Waals surface area (Å²) in [5.41, 5.74) is 0.930. The van der Waals surface area contributed by atoms with E-state index in [4.69, 9.17) is 9.47 Å². The number of unbranched alkanes of at least 4 members (excludes halogenated alkanes) is 5. The lowest BCUT2D eigenvalue weighted by molar-refractivity contribution is -0.0242. The molecule has 2 atom stereocenters. The molecule has 0 fully saturated rings. The van der Waals surface area contributed by atoms with E-state index in [-0.39, 0.29) is 0 Å². The second-order valence-electron chi connectivity index (χ2n) is 7.34. The summed E-state index contributed by atoms with van der Waals surface area (Å²) in [7, 11) is 0. The molecule has 0 N–H and O–H groups in total. The van der Waals surface area contributed by atoms with E-state index in [0.717, 1.165) is 19.3 Å². The zero-order chi connectivity index (χ0) is 21.6. The zero-order valence-electron chi connectivity index (χ0n) is 17.8. The molecule has 2 aromatic carbocycles. The average Bonchev–Trinajstić information content (AvgIpc) is 2.80.